The van der Waals surface area contributed by atoms with Crippen molar-refractivity contribution in [1.29, 1.82) is 0 Å². The molecule has 1 aliphatic carbocycles. The number of carbonyl (C=O) groups excluding carboxylic acids is 2. The molecular formula is C25H34N2O7. The van der Waals surface area contributed by atoms with Crippen LogP contribution in [-0.2, 0) is 19.1 Å². The van der Waals surface area contributed by atoms with Gasteiger partial charge in [0, 0.05) is 44.0 Å². The molecule has 0 spiro atoms. The van der Waals surface area contributed by atoms with Gasteiger partial charge in [-0.15, -0.1) is 0 Å². The van der Waals surface area contributed by atoms with Crippen LogP contribution in [0.25, 0.3) is 0 Å². The summed E-state index contributed by atoms with van der Waals surface area (Å²) in [5, 5.41) is 23.4. The van der Waals surface area contributed by atoms with Gasteiger partial charge in [-0.1, -0.05) is 18.2 Å². The Labute approximate surface area is 199 Å². The van der Waals surface area contributed by atoms with E-state index in [1.165, 1.54) is 0 Å². The fourth-order valence-electron chi connectivity index (χ4n) is 5.04. The quantitative estimate of drug-likeness (QED) is 0.425. The van der Waals surface area contributed by atoms with E-state index in [1.54, 1.807) is 11.0 Å². The molecule has 3 N–H and O–H groups in total. The van der Waals surface area contributed by atoms with Crippen LogP contribution in [0.1, 0.15) is 31.2 Å². The Morgan fingerprint density at radius 1 is 1.29 bits per heavy atom. The van der Waals surface area contributed by atoms with Crippen LogP contribution in [0.3, 0.4) is 0 Å². The zero-order valence-electron chi connectivity index (χ0n) is 19.5. The number of nitrogens with one attached hydrogen (secondary N) is 1. The maximum atomic E-state index is 13.5. The van der Waals surface area contributed by atoms with Crippen LogP contribution in [0.5, 0.6) is 5.75 Å². The van der Waals surface area contributed by atoms with Gasteiger partial charge in [0.2, 0.25) is 11.8 Å². The van der Waals surface area contributed by atoms with Gasteiger partial charge in [-0.2, -0.15) is 0 Å². The number of hydrogen-bond acceptors (Lipinski definition) is 7. The van der Waals surface area contributed by atoms with Crippen molar-refractivity contribution in [2.75, 3.05) is 46.1 Å². The van der Waals surface area contributed by atoms with Gasteiger partial charge in [-0.25, -0.2) is 0 Å². The third kappa shape index (κ3) is 4.98. The zero-order chi connectivity index (χ0) is 24.1. The van der Waals surface area contributed by atoms with E-state index in [0.717, 1.165) is 5.56 Å². The summed E-state index contributed by atoms with van der Waals surface area (Å²) in [6.07, 6.45) is 1.21. The lowest BCUT2D eigenvalue weighted by molar-refractivity contribution is -0.141. The summed E-state index contributed by atoms with van der Waals surface area (Å²) < 4.78 is 17.0. The smallest absolute Gasteiger partial charge is 0.247 e. The van der Waals surface area contributed by atoms with Crippen LogP contribution in [0, 0.1) is 5.92 Å². The second kappa shape index (κ2) is 11.3. The third-order valence-electron chi connectivity index (χ3n) is 6.69. The van der Waals surface area contributed by atoms with Crippen molar-refractivity contribution >= 4 is 11.8 Å². The zero-order valence-corrected chi connectivity index (χ0v) is 19.5. The number of fused-ring (bicyclic) bond motifs is 3. The van der Waals surface area contributed by atoms with Crippen molar-refractivity contribution in [3.05, 3.63) is 41.5 Å². The van der Waals surface area contributed by atoms with Gasteiger partial charge in [0.1, 0.15) is 18.0 Å². The Morgan fingerprint density at radius 3 is 2.85 bits per heavy atom. The van der Waals surface area contributed by atoms with Gasteiger partial charge in [0.15, 0.2) is 0 Å². The lowest BCUT2D eigenvalue weighted by Crippen LogP contribution is -2.57. The molecule has 1 saturated heterocycles. The summed E-state index contributed by atoms with van der Waals surface area (Å²) in [6, 6.07) is 6.69. The molecule has 2 amide bonds. The van der Waals surface area contributed by atoms with Gasteiger partial charge >= 0.3 is 0 Å². The average Bonchev–Trinajstić information content (AvgIpc) is 3.52. The monoisotopic (exact) mass is 474 g/mol. The Kier molecular flexibility index (Phi) is 8.20. The summed E-state index contributed by atoms with van der Waals surface area (Å²) in [5.41, 5.74) is 1.26. The van der Waals surface area contributed by atoms with E-state index >= 15 is 0 Å². The molecule has 0 aromatic heterocycles. The van der Waals surface area contributed by atoms with Crippen LogP contribution in [0.15, 0.2) is 35.9 Å². The van der Waals surface area contributed by atoms with Gasteiger partial charge in [0.05, 0.1) is 31.1 Å². The third-order valence-corrected chi connectivity index (χ3v) is 6.69. The number of nitrogens with zero attached hydrogens (tertiary/aromatic N) is 1. The molecule has 2 heterocycles. The topological polar surface area (TPSA) is 118 Å². The van der Waals surface area contributed by atoms with Crippen molar-refractivity contribution in [2.24, 2.45) is 5.92 Å². The van der Waals surface area contributed by atoms with Gasteiger partial charge in [-0.05, 0) is 31.9 Å². The van der Waals surface area contributed by atoms with Crippen molar-refractivity contribution < 1.29 is 34.0 Å². The highest BCUT2D eigenvalue weighted by atomic mass is 16.5. The van der Waals surface area contributed by atoms with Crippen LogP contribution in [-0.4, -0.2) is 91.3 Å². The minimum absolute atomic E-state index is 0.0987. The Bertz CT molecular complexity index is 899. The molecule has 2 aliphatic heterocycles. The molecule has 0 radical (unpaired) electrons. The molecule has 1 aromatic carbocycles. The van der Waals surface area contributed by atoms with Gasteiger partial charge in [0.25, 0.3) is 0 Å². The fraction of sp³-hybridized carbons (Fsp3) is 0.600. The predicted octanol–water partition coefficient (Wildman–Crippen LogP) is 0.601. The normalized spacial score (nSPS) is 27.4. The highest BCUT2D eigenvalue weighted by Crippen LogP contribution is 2.47. The number of aliphatic hydroxyl groups excluding tert-OH is 2. The molecule has 1 aromatic rings. The number of amides is 2. The van der Waals surface area contributed by atoms with Crippen molar-refractivity contribution in [3.8, 4) is 5.75 Å². The number of hydrogen-bond donors (Lipinski definition) is 3. The minimum atomic E-state index is -1.02. The molecule has 3 aliphatic rings. The van der Waals surface area contributed by atoms with E-state index < -0.39 is 24.2 Å². The minimum Gasteiger partial charge on any atom is -0.486 e. The summed E-state index contributed by atoms with van der Waals surface area (Å²) in [5.74, 6) is -0.558. The average molecular weight is 475 g/mol. The van der Waals surface area contributed by atoms with Crippen molar-refractivity contribution in [1.82, 2.24) is 10.2 Å². The predicted molar refractivity (Wildman–Crippen MR) is 123 cm³/mol. The molecule has 0 bridgehead atoms. The standard InChI is InChI=1S/C25H34N2O7/c1-2-32-12-5-10-27(25(31)16-8-13-33-15-16)19-14-18(24(30)26-9-11-28)21-17-6-3-4-7-20(17)34-23(21)22(19)29/h3-4,6-7,14,16,19,21-23,28-29H,2,5,8-13,15H2,1H3,(H,26,30)/t16?,19-,21+,22+,23+/m1/s1. The van der Waals surface area contributed by atoms with E-state index in [0.29, 0.717) is 57.1 Å². The molecule has 1 fully saturated rings. The van der Waals surface area contributed by atoms with Crippen molar-refractivity contribution in [2.45, 2.75) is 43.9 Å². The first kappa shape index (κ1) is 24.7. The van der Waals surface area contributed by atoms with E-state index in [1.807, 2.05) is 31.2 Å². The molecule has 0 saturated carbocycles. The lowest BCUT2D eigenvalue weighted by atomic mass is 9.77. The second-order valence-electron chi connectivity index (χ2n) is 8.82. The van der Waals surface area contributed by atoms with E-state index in [-0.39, 0.29) is 30.9 Å². The summed E-state index contributed by atoms with van der Waals surface area (Å²) >= 11 is 0. The molecule has 5 atom stereocenters. The summed E-state index contributed by atoms with van der Waals surface area (Å²) in [7, 11) is 0. The maximum absolute atomic E-state index is 13.5. The molecule has 186 valence electrons. The maximum Gasteiger partial charge on any atom is 0.247 e. The van der Waals surface area contributed by atoms with Gasteiger partial charge in [-0.3, -0.25) is 9.59 Å². The molecule has 9 nitrogen and oxygen atoms in total. The molecular weight excluding hydrogens is 440 g/mol. The van der Waals surface area contributed by atoms with E-state index in [9.17, 15) is 19.8 Å². The number of benzene rings is 1. The Morgan fingerprint density at radius 2 is 2.12 bits per heavy atom. The SMILES string of the molecule is CCOCCCN(C(=O)C1CCOC1)[C@@H]1C=C(C(=O)NCCO)[C@@H]2c3ccccc3O[C@@H]2[C@H]1O. The van der Waals surface area contributed by atoms with E-state index in [2.05, 4.69) is 5.32 Å². The molecule has 4 rings (SSSR count). The first-order chi connectivity index (χ1) is 16.6. The number of ether oxygens (including phenoxy) is 3. The van der Waals surface area contributed by atoms with Crippen LogP contribution in [0.2, 0.25) is 0 Å². The van der Waals surface area contributed by atoms with E-state index in [4.69, 9.17) is 14.2 Å². The van der Waals surface area contributed by atoms with Gasteiger partial charge < -0.3 is 34.6 Å². The first-order valence-corrected chi connectivity index (χ1v) is 12.1. The number of aliphatic hydroxyl groups is 2. The molecule has 9 heteroatoms. The largest absolute Gasteiger partial charge is 0.486 e. The van der Waals surface area contributed by atoms with Crippen LogP contribution < -0.4 is 10.1 Å². The number of rotatable bonds is 10. The fourth-order valence-corrected chi connectivity index (χ4v) is 5.04. The molecule has 34 heavy (non-hydrogen) atoms. The Balaban J connectivity index is 1.68. The summed E-state index contributed by atoms with van der Waals surface area (Å²) in [6.45, 7) is 4.18. The summed E-state index contributed by atoms with van der Waals surface area (Å²) in [4.78, 5) is 28.3. The number of carbonyl (C=O) groups is 2. The van der Waals surface area contributed by atoms with Crippen molar-refractivity contribution in [3.63, 3.8) is 0 Å². The van der Waals surface area contributed by atoms with Crippen LogP contribution >= 0.6 is 0 Å². The Hall–Kier alpha value is -2.46. The lowest BCUT2D eigenvalue weighted by Gasteiger charge is -2.41. The first-order valence-electron chi connectivity index (χ1n) is 12.1. The second-order valence-corrected chi connectivity index (χ2v) is 8.82. The number of para-hydroxylation sites is 1. The highest BCUT2D eigenvalue weighted by molar-refractivity contribution is 5.96. The highest BCUT2D eigenvalue weighted by Gasteiger charge is 2.50. The van der Waals surface area contributed by atoms with Crippen LogP contribution in [0.4, 0.5) is 0 Å². The molecule has 1 unspecified atom stereocenters.